The third-order valence-corrected chi connectivity index (χ3v) is 3.46. The molecule has 1 unspecified atom stereocenters. The van der Waals surface area contributed by atoms with E-state index < -0.39 is 12.0 Å². The maximum atomic E-state index is 12.2. The van der Waals surface area contributed by atoms with E-state index in [2.05, 4.69) is 10.1 Å². The first-order valence-corrected chi connectivity index (χ1v) is 7.71. The molecule has 1 N–H and O–H groups in total. The summed E-state index contributed by atoms with van der Waals surface area (Å²) in [6.45, 7) is 1.62. The summed E-state index contributed by atoms with van der Waals surface area (Å²) in [7, 11) is 1.22. The Kier molecular flexibility index (Phi) is 6.33. The Morgan fingerprint density at radius 1 is 1.20 bits per heavy atom. The zero-order chi connectivity index (χ0) is 18.2. The van der Waals surface area contributed by atoms with E-state index in [4.69, 9.17) is 4.74 Å². The van der Waals surface area contributed by atoms with Gasteiger partial charge in [0.2, 0.25) is 5.91 Å². The van der Waals surface area contributed by atoms with Crippen LogP contribution < -0.4 is 15.6 Å². The molecule has 0 radical (unpaired) electrons. The quantitative estimate of drug-likeness (QED) is 0.760. The second kappa shape index (κ2) is 8.68. The van der Waals surface area contributed by atoms with Gasteiger partial charge in [-0.1, -0.05) is 30.3 Å². The first-order chi connectivity index (χ1) is 12.0. The fourth-order valence-corrected chi connectivity index (χ4v) is 2.23. The first kappa shape index (κ1) is 18.3. The van der Waals surface area contributed by atoms with Crippen LogP contribution in [0.1, 0.15) is 12.5 Å². The summed E-state index contributed by atoms with van der Waals surface area (Å²) in [5, 5.41) is 2.46. The van der Waals surface area contributed by atoms with E-state index in [0.717, 1.165) is 5.56 Å². The lowest BCUT2D eigenvalue weighted by molar-refractivity contribution is -0.145. The predicted molar refractivity (Wildman–Crippen MR) is 91.1 cm³/mol. The van der Waals surface area contributed by atoms with Gasteiger partial charge in [0.15, 0.2) is 0 Å². The van der Waals surface area contributed by atoms with Crippen LogP contribution in [0.15, 0.2) is 53.5 Å². The molecule has 7 nitrogen and oxygen atoms in total. The minimum absolute atomic E-state index is 0.0238. The minimum atomic E-state index is -0.934. The van der Waals surface area contributed by atoms with E-state index >= 15 is 0 Å². The number of esters is 1. The number of carbonyl (C=O) groups is 2. The number of hydrogen-bond donors (Lipinski definition) is 1. The number of methoxy groups -OCH3 is 1. The molecule has 25 heavy (non-hydrogen) atoms. The zero-order valence-corrected chi connectivity index (χ0v) is 14.1. The maximum Gasteiger partial charge on any atom is 0.330 e. The van der Waals surface area contributed by atoms with Crippen molar-refractivity contribution in [3.05, 3.63) is 64.6 Å². The van der Waals surface area contributed by atoms with Crippen molar-refractivity contribution in [2.24, 2.45) is 0 Å². The van der Waals surface area contributed by atoms with E-state index in [1.165, 1.54) is 30.9 Å². The van der Waals surface area contributed by atoms with Crippen molar-refractivity contribution in [1.82, 2.24) is 9.88 Å². The van der Waals surface area contributed by atoms with Crippen LogP contribution in [0.5, 0.6) is 5.75 Å². The van der Waals surface area contributed by atoms with E-state index in [-0.39, 0.29) is 18.0 Å². The van der Waals surface area contributed by atoms with Gasteiger partial charge in [-0.3, -0.25) is 9.59 Å². The van der Waals surface area contributed by atoms with E-state index in [1.807, 2.05) is 30.3 Å². The van der Waals surface area contributed by atoms with Gasteiger partial charge in [0.25, 0.3) is 5.56 Å². The number of nitrogens with one attached hydrogen (secondary N) is 1. The molecule has 0 fully saturated rings. The van der Waals surface area contributed by atoms with Crippen LogP contribution in [0.4, 0.5) is 0 Å². The van der Waals surface area contributed by atoms with Crippen LogP contribution in [-0.2, 0) is 27.5 Å². The summed E-state index contributed by atoms with van der Waals surface area (Å²) < 4.78 is 11.5. The lowest BCUT2D eigenvalue weighted by Gasteiger charge is -2.17. The van der Waals surface area contributed by atoms with Crippen molar-refractivity contribution in [2.75, 3.05) is 7.11 Å². The lowest BCUT2D eigenvalue weighted by Crippen LogP contribution is -2.44. The molecule has 0 aliphatic heterocycles. The van der Waals surface area contributed by atoms with E-state index in [9.17, 15) is 14.4 Å². The van der Waals surface area contributed by atoms with Gasteiger partial charge in [-0.05, 0) is 11.6 Å². The molecule has 2 rings (SSSR count). The number of nitrogens with zero attached hydrogens (tertiary/aromatic N) is 1. The normalized spacial score (nSPS) is 11.4. The van der Waals surface area contributed by atoms with Crippen LogP contribution in [0.3, 0.4) is 0 Å². The largest absolute Gasteiger partial charge is 0.489 e. The topological polar surface area (TPSA) is 86.6 Å². The summed E-state index contributed by atoms with van der Waals surface area (Å²) in [6.07, 6.45) is 1.51. The molecule has 1 aromatic carbocycles. The molecule has 0 bridgehead atoms. The van der Waals surface area contributed by atoms with Crippen molar-refractivity contribution >= 4 is 11.9 Å². The number of hydrogen-bond acceptors (Lipinski definition) is 5. The van der Waals surface area contributed by atoms with Crippen LogP contribution in [0.25, 0.3) is 0 Å². The highest BCUT2D eigenvalue weighted by molar-refractivity contribution is 5.83. The fourth-order valence-electron chi connectivity index (χ4n) is 2.23. The van der Waals surface area contributed by atoms with Gasteiger partial charge < -0.3 is 19.4 Å². The number of rotatable bonds is 7. The SMILES string of the molecule is COC(=O)C(Cn1ccc(OCc2ccccc2)cc1=O)NC(C)=O. The molecule has 1 amide bonds. The Labute approximate surface area is 145 Å². The minimum Gasteiger partial charge on any atom is -0.489 e. The van der Waals surface area contributed by atoms with Gasteiger partial charge in [-0.25, -0.2) is 4.79 Å². The Bertz CT molecular complexity index is 786. The predicted octanol–water partition coefficient (Wildman–Crippen LogP) is 1.10. The highest BCUT2D eigenvalue weighted by atomic mass is 16.5. The molecule has 2 aromatic rings. The second-order valence-electron chi connectivity index (χ2n) is 5.40. The maximum absolute atomic E-state index is 12.2. The number of amides is 1. The molecule has 0 aliphatic rings. The summed E-state index contributed by atoms with van der Waals surface area (Å²) in [5.74, 6) is -0.572. The number of carbonyl (C=O) groups excluding carboxylic acids is 2. The van der Waals surface area contributed by atoms with Crippen LogP contribution in [-0.4, -0.2) is 29.6 Å². The van der Waals surface area contributed by atoms with Gasteiger partial charge in [-0.15, -0.1) is 0 Å². The molecule has 0 saturated heterocycles. The van der Waals surface area contributed by atoms with E-state index in [1.54, 1.807) is 6.07 Å². The molecule has 1 atom stereocenters. The molecule has 0 aliphatic carbocycles. The molecule has 132 valence electrons. The standard InChI is InChI=1S/C18H20N2O5/c1-13(21)19-16(18(23)24-2)11-20-9-8-15(10-17(20)22)25-12-14-6-4-3-5-7-14/h3-10,16H,11-12H2,1-2H3,(H,19,21). The number of pyridine rings is 1. The van der Waals surface area contributed by atoms with Gasteiger partial charge >= 0.3 is 5.97 Å². The Hall–Kier alpha value is -3.09. The average molecular weight is 344 g/mol. The summed E-state index contributed by atoms with van der Waals surface area (Å²) in [6, 6.07) is 11.6. The smallest absolute Gasteiger partial charge is 0.330 e. The number of ether oxygens (including phenoxy) is 2. The third kappa shape index (κ3) is 5.49. The van der Waals surface area contributed by atoms with Crippen LogP contribution in [0.2, 0.25) is 0 Å². The summed E-state index contributed by atoms with van der Waals surface area (Å²) in [4.78, 5) is 35.1. The Morgan fingerprint density at radius 3 is 2.52 bits per heavy atom. The average Bonchev–Trinajstić information content (AvgIpc) is 2.61. The molecular formula is C18H20N2O5. The zero-order valence-electron chi connectivity index (χ0n) is 14.1. The Balaban J connectivity index is 2.06. The second-order valence-corrected chi connectivity index (χ2v) is 5.40. The molecule has 1 heterocycles. The van der Waals surface area contributed by atoms with Crippen LogP contribution in [0, 0.1) is 0 Å². The molecule has 0 saturated carbocycles. The third-order valence-electron chi connectivity index (χ3n) is 3.46. The van der Waals surface area contributed by atoms with Gasteiger partial charge in [0, 0.05) is 19.2 Å². The fraction of sp³-hybridized carbons (Fsp3) is 0.278. The van der Waals surface area contributed by atoms with Crippen molar-refractivity contribution < 1.29 is 19.1 Å². The number of benzene rings is 1. The lowest BCUT2D eigenvalue weighted by atomic mass is 10.2. The number of aromatic nitrogens is 1. The van der Waals surface area contributed by atoms with E-state index in [0.29, 0.717) is 12.4 Å². The van der Waals surface area contributed by atoms with Gasteiger partial charge in [0.05, 0.1) is 13.7 Å². The first-order valence-electron chi connectivity index (χ1n) is 7.71. The molecule has 7 heteroatoms. The Morgan fingerprint density at radius 2 is 1.92 bits per heavy atom. The van der Waals surface area contributed by atoms with Crippen molar-refractivity contribution in [1.29, 1.82) is 0 Å². The monoisotopic (exact) mass is 344 g/mol. The highest BCUT2D eigenvalue weighted by Crippen LogP contribution is 2.10. The van der Waals surface area contributed by atoms with Crippen molar-refractivity contribution in [3.8, 4) is 5.75 Å². The highest BCUT2D eigenvalue weighted by Gasteiger charge is 2.21. The van der Waals surface area contributed by atoms with Crippen molar-refractivity contribution in [3.63, 3.8) is 0 Å². The molecule has 0 spiro atoms. The summed E-state index contributed by atoms with van der Waals surface area (Å²) >= 11 is 0. The van der Waals surface area contributed by atoms with Crippen LogP contribution >= 0.6 is 0 Å². The summed E-state index contributed by atoms with van der Waals surface area (Å²) in [5.41, 5.74) is 0.646. The van der Waals surface area contributed by atoms with Crippen molar-refractivity contribution in [2.45, 2.75) is 26.1 Å². The molecule has 1 aromatic heterocycles. The molecular weight excluding hydrogens is 324 g/mol. The van der Waals surface area contributed by atoms with Gasteiger partial charge in [0.1, 0.15) is 18.4 Å². The van der Waals surface area contributed by atoms with Gasteiger partial charge in [-0.2, -0.15) is 0 Å².